The third-order valence-electron chi connectivity index (χ3n) is 19.1. The number of fused-ring (bicyclic) bond motifs is 2. The van der Waals surface area contributed by atoms with Crippen LogP contribution < -0.4 is 25.3 Å². The summed E-state index contributed by atoms with van der Waals surface area (Å²) >= 11 is 0. The number of phenolic OH excluding ortho intramolecular Hbond substituents is 2. The molecule has 0 aromatic heterocycles. The van der Waals surface area contributed by atoms with Crippen molar-refractivity contribution in [3.63, 3.8) is 0 Å². The minimum Gasteiger partial charge on any atom is -0.508 e. The van der Waals surface area contributed by atoms with Crippen LogP contribution in [0.1, 0.15) is 144 Å². The van der Waals surface area contributed by atoms with E-state index in [9.17, 15) is 30.6 Å². The minimum absolute atomic E-state index is 0.00571. The summed E-state index contributed by atoms with van der Waals surface area (Å²) in [5.74, 6) is 3.16. The van der Waals surface area contributed by atoms with Crippen molar-refractivity contribution in [1.29, 1.82) is 0 Å². The van der Waals surface area contributed by atoms with E-state index in [2.05, 4.69) is 44.3 Å². The number of aromatic hydroxyl groups is 2. The highest BCUT2D eigenvalue weighted by Crippen LogP contribution is 2.62. The zero-order valence-electron chi connectivity index (χ0n) is 43.7. The quantitative estimate of drug-likeness (QED) is 0.109. The van der Waals surface area contributed by atoms with E-state index in [0.29, 0.717) is 98.2 Å². The topological polar surface area (TPSA) is 209 Å². The van der Waals surface area contributed by atoms with Crippen LogP contribution in [0.3, 0.4) is 0 Å². The Balaban J connectivity index is 1.08. The molecule has 0 amide bonds. The first kappa shape index (κ1) is 51.9. The number of methoxy groups -OCH3 is 1. The number of ether oxygens (including phenoxy) is 4. The maximum Gasteiger partial charge on any atom is 0.188 e. The van der Waals surface area contributed by atoms with E-state index in [-0.39, 0.29) is 71.6 Å². The second-order valence-corrected chi connectivity index (χ2v) is 23.8. The van der Waals surface area contributed by atoms with Crippen LogP contribution in [0.15, 0.2) is 53.5 Å². The summed E-state index contributed by atoms with van der Waals surface area (Å²) in [5.41, 5.74) is 13.0. The van der Waals surface area contributed by atoms with Gasteiger partial charge in [0.15, 0.2) is 17.5 Å². The Morgan fingerprint density at radius 2 is 1.68 bits per heavy atom. The summed E-state index contributed by atoms with van der Waals surface area (Å²) in [6.07, 6.45) is 14.4. The van der Waals surface area contributed by atoms with Crippen LogP contribution >= 0.6 is 0 Å². The van der Waals surface area contributed by atoms with Crippen LogP contribution in [-0.2, 0) is 24.0 Å². The van der Waals surface area contributed by atoms with E-state index >= 15 is 0 Å². The molecule has 13 unspecified atom stereocenters. The summed E-state index contributed by atoms with van der Waals surface area (Å²) in [5, 5.41) is 72.1. The van der Waals surface area contributed by atoms with Gasteiger partial charge in [-0.3, -0.25) is 4.99 Å². The Kier molecular flexibility index (Phi) is 15.4. The largest absolute Gasteiger partial charge is 0.508 e. The van der Waals surface area contributed by atoms with Crippen LogP contribution in [0.25, 0.3) is 11.1 Å². The number of allylic oxidation sites excluding steroid dienone is 2. The summed E-state index contributed by atoms with van der Waals surface area (Å²) < 4.78 is 26.2. The van der Waals surface area contributed by atoms with E-state index in [0.717, 1.165) is 104 Å². The average molecular weight is 1010 g/mol. The number of nitrogens with one attached hydrogen (secondary N) is 1. The first-order valence-electron chi connectivity index (χ1n) is 27.9. The van der Waals surface area contributed by atoms with Crippen molar-refractivity contribution >= 4 is 5.96 Å². The SMILES string of the molecule is CCC1CC2C=CC1CC(O)CC1(CCCC13CCOC(CO)C3)CN=C(N)NCCC1C(CO)CCCC1Oc1cc(ccc1O)C1Oc3cc(OC)c4c(c3CC1O)C2Cc1cc(O)c(CC(C)C)cc1-4. The molecule has 73 heavy (non-hydrogen) atoms. The lowest BCUT2D eigenvalue weighted by atomic mass is 9.57. The molecule has 6 aliphatic heterocycles. The standard InChI is InChI=1S/C60H83N3O10/c1-5-35-21-37-11-10-36(35)22-42(66)29-60(16-7-15-59(60)17-19-71-43(30-59)32-65)33-63-58(61)62-18-14-44-39(31-64)8-6-9-51(44)72-53-26-38(12-13-48(53)67)57-50(69)27-47-52(73-57)28-54(70-4)56-46-24-41(20-34(2)3)49(68)25-40(46)23-45(37)55(47)56/h10-13,24-26,28,34-37,39,42-45,50-51,57,64-69H,5-9,14-23,27,29-33H2,1-4H3,(H3,61,62,63). The highest BCUT2D eigenvalue weighted by atomic mass is 16.5. The van der Waals surface area contributed by atoms with E-state index in [1.54, 1.807) is 25.3 Å². The highest BCUT2D eigenvalue weighted by molar-refractivity contribution is 5.84. The maximum absolute atomic E-state index is 12.5. The molecule has 9 N–H and O–H groups in total. The van der Waals surface area contributed by atoms with Crippen molar-refractivity contribution in [2.75, 3.05) is 40.0 Å². The summed E-state index contributed by atoms with van der Waals surface area (Å²) in [6, 6.07) is 11.3. The lowest BCUT2D eigenvalue weighted by Crippen LogP contribution is -2.49. The molecule has 6 heterocycles. The number of aliphatic hydroxyl groups excluding tert-OH is 4. The van der Waals surface area contributed by atoms with E-state index in [4.69, 9.17) is 29.7 Å². The molecule has 1 saturated heterocycles. The third kappa shape index (κ3) is 10.1. The number of hydrogen-bond donors (Lipinski definition) is 8. The van der Waals surface area contributed by atoms with Gasteiger partial charge in [-0.2, -0.15) is 0 Å². The van der Waals surface area contributed by atoms with E-state index in [1.165, 1.54) is 0 Å². The fourth-order valence-corrected chi connectivity index (χ4v) is 15.5. The Hall–Kier alpha value is -4.53. The second-order valence-electron chi connectivity index (χ2n) is 23.8. The Morgan fingerprint density at radius 3 is 2.47 bits per heavy atom. The Bertz CT molecular complexity index is 2510. The fraction of sp³-hybridized carbons (Fsp3) is 0.650. The van der Waals surface area contributed by atoms with Gasteiger partial charge in [-0.05, 0) is 182 Å². The van der Waals surface area contributed by atoms with Crippen molar-refractivity contribution in [1.82, 2.24) is 5.32 Å². The van der Waals surface area contributed by atoms with Gasteiger partial charge in [0.2, 0.25) is 0 Å². The molecule has 3 aromatic carbocycles. The van der Waals surface area contributed by atoms with Crippen molar-refractivity contribution in [3.05, 3.63) is 76.4 Å². The monoisotopic (exact) mass is 1010 g/mol. The third-order valence-corrected chi connectivity index (χ3v) is 19.1. The van der Waals surface area contributed by atoms with Crippen LogP contribution in [-0.4, -0.2) is 101 Å². The van der Waals surface area contributed by atoms with Gasteiger partial charge in [0.1, 0.15) is 29.5 Å². The number of rotatable bonds is 6. The number of nitrogens with zero attached hydrogens (tertiary/aromatic N) is 1. The van der Waals surface area contributed by atoms with Crippen molar-refractivity contribution in [2.45, 2.75) is 160 Å². The molecule has 13 atom stereocenters. The molecule has 2 saturated carbocycles. The van der Waals surface area contributed by atoms with Crippen molar-refractivity contribution in [2.24, 2.45) is 57.1 Å². The molecule has 398 valence electrons. The Morgan fingerprint density at radius 1 is 0.863 bits per heavy atom. The van der Waals surface area contributed by atoms with E-state index < -0.39 is 18.3 Å². The predicted molar refractivity (Wildman–Crippen MR) is 282 cm³/mol. The average Bonchev–Trinajstić information content (AvgIpc) is 3.70. The van der Waals surface area contributed by atoms with Gasteiger partial charge in [0.25, 0.3) is 0 Å². The molecule has 3 fully saturated rings. The first-order valence-corrected chi connectivity index (χ1v) is 27.9. The summed E-state index contributed by atoms with van der Waals surface area (Å²) in [6.45, 7) is 8.12. The smallest absolute Gasteiger partial charge is 0.188 e. The Labute approximate surface area is 432 Å². The van der Waals surface area contributed by atoms with Crippen LogP contribution in [0, 0.1) is 46.3 Å². The first-order chi connectivity index (χ1) is 35.3. The molecule has 13 nitrogen and oxygen atoms in total. The van der Waals surface area contributed by atoms with Gasteiger partial charge in [-0.1, -0.05) is 51.8 Å². The molecule has 10 aliphatic rings. The molecular formula is C60H83N3O10. The molecule has 3 aromatic rings. The zero-order valence-corrected chi connectivity index (χ0v) is 43.7. The molecular weight excluding hydrogens is 923 g/mol. The highest BCUT2D eigenvalue weighted by Gasteiger charge is 2.57. The van der Waals surface area contributed by atoms with E-state index in [1.807, 2.05) is 12.1 Å². The van der Waals surface area contributed by atoms with Gasteiger partial charge >= 0.3 is 0 Å². The number of benzene rings is 3. The summed E-state index contributed by atoms with van der Waals surface area (Å²) in [7, 11) is 1.70. The summed E-state index contributed by atoms with van der Waals surface area (Å²) in [4.78, 5) is 5.09. The van der Waals surface area contributed by atoms with Gasteiger partial charge in [0.05, 0.1) is 32.0 Å². The van der Waals surface area contributed by atoms with Crippen molar-refractivity contribution < 1.29 is 49.6 Å². The number of aliphatic imine (C=N–C) groups is 1. The number of nitrogens with two attached hydrogens (primary N) is 1. The van der Waals surface area contributed by atoms with Crippen molar-refractivity contribution in [3.8, 4) is 39.9 Å². The number of phenols is 2. The molecule has 13 heteroatoms. The molecule has 0 radical (unpaired) electrons. The fourth-order valence-electron chi connectivity index (χ4n) is 15.5. The minimum atomic E-state index is -0.923. The molecule has 4 aliphatic carbocycles. The van der Waals surface area contributed by atoms with Gasteiger partial charge in [0, 0.05) is 55.8 Å². The number of hydrogen-bond acceptors (Lipinski definition) is 13. The maximum atomic E-state index is 12.5. The molecule has 2 spiro atoms. The number of aliphatic hydroxyl groups is 4. The lowest BCUT2D eigenvalue weighted by Gasteiger charge is -2.51. The lowest BCUT2D eigenvalue weighted by molar-refractivity contribution is -0.116. The van der Waals surface area contributed by atoms with Crippen LogP contribution in [0.4, 0.5) is 0 Å². The second kappa shape index (κ2) is 21.6. The van der Waals surface area contributed by atoms with Gasteiger partial charge < -0.3 is 60.6 Å². The number of guanidine groups is 1. The van der Waals surface area contributed by atoms with Crippen LogP contribution in [0.2, 0.25) is 0 Å². The zero-order chi connectivity index (χ0) is 51.2. The predicted octanol–water partition coefficient (Wildman–Crippen LogP) is 8.80. The van der Waals surface area contributed by atoms with Crippen LogP contribution in [0.5, 0.6) is 28.7 Å². The molecule has 13 rings (SSSR count). The molecule has 8 bridgehead atoms. The normalized spacial score (nSPS) is 34.4. The van der Waals surface area contributed by atoms with Gasteiger partial charge in [-0.15, -0.1) is 0 Å². The van der Waals surface area contributed by atoms with Gasteiger partial charge in [-0.25, -0.2) is 0 Å².